The van der Waals surface area contributed by atoms with Crippen molar-refractivity contribution in [1.29, 1.82) is 0 Å². The number of amidine groups is 1. The van der Waals surface area contributed by atoms with Gasteiger partial charge in [-0.15, -0.1) is 0 Å². The summed E-state index contributed by atoms with van der Waals surface area (Å²) in [5.41, 5.74) is 0.309. The molecule has 0 spiro atoms. The molecule has 1 atom stereocenters. The highest BCUT2D eigenvalue weighted by atomic mass is 32.1. The minimum atomic E-state index is -0.776. The summed E-state index contributed by atoms with van der Waals surface area (Å²) in [6.07, 6.45) is 2.58. The van der Waals surface area contributed by atoms with E-state index in [4.69, 9.17) is 4.74 Å². The predicted molar refractivity (Wildman–Crippen MR) is 118 cm³/mol. The number of hydrogen-bond donors (Lipinski definition) is 0. The average molecular weight is 474 g/mol. The van der Waals surface area contributed by atoms with Gasteiger partial charge in [-0.1, -0.05) is 17.4 Å². The van der Waals surface area contributed by atoms with Gasteiger partial charge >= 0.3 is 6.03 Å². The number of imide groups is 1. The fraction of sp³-hybridized carbons (Fsp3) is 0.429. The first kappa shape index (κ1) is 21.4. The number of ether oxygens (including phenoxy) is 1. The minimum absolute atomic E-state index is 0.0120. The van der Waals surface area contributed by atoms with E-state index in [0.717, 1.165) is 9.60 Å². The zero-order valence-corrected chi connectivity index (χ0v) is 18.9. The van der Waals surface area contributed by atoms with Crippen LogP contribution in [-0.2, 0) is 9.59 Å². The Morgan fingerprint density at radius 1 is 1.24 bits per heavy atom. The van der Waals surface area contributed by atoms with Crippen LogP contribution in [0.3, 0.4) is 0 Å². The van der Waals surface area contributed by atoms with Gasteiger partial charge in [-0.05, 0) is 17.1 Å². The Labute approximate surface area is 192 Å². The minimum Gasteiger partial charge on any atom is -0.467 e. The molecule has 3 aliphatic rings. The van der Waals surface area contributed by atoms with E-state index in [1.165, 1.54) is 35.7 Å². The summed E-state index contributed by atoms with van der Waals surface area (Å²) in [6, 6.07) is 3.59. The third-order valence-corrected chi connectivity index (χ3v) is 7.04. The maximum Gasteiger partial charge on any atom is 0.333 e. The van der Waals surface area contributed by atoms with Crippen molar-refractivity contribution >= 4 is 51.6 Å². The quantitative estimate of drug-likeness (QED) is 0.621. The number of likely N-dealkylation sites (N-methyl/N-ethyl adjacent to an activating group) is 2. The molecule has 0 bridgehead atoms. The molecule has 1 aromatic heterocycles. The summed E-state index contributed by atoms with van der Waals surface area (Å²) >= 11 is 1.30. The number of aromatic nitrogens is 1. The van der Waals surface area contributed by atoms with Crippen LogP contribution >= 0.6 is 11.3 Å². The molecular weight excluding hydrogens is 451 g/mol. The van der Waals surface area contributed by atoms with E-state index in [-0.39, 0.29) is 24.4 Å². The lowest BCUT2D eigenvalue weighted by atomic mass is 10.1. The molecule has 1 unspecified atom stereocenters. The van der Waals surface area contributed by atoms with Crippen molar-refractivity contribution < 1.29 is 28.1 Å². The Morgan fingerprint density at radius 2 is 2.00 bits per heavy atom. The molecule has 3 aliphatic heterocycles. The number of nitrogens with zero attached hydrogens (tertiary/aromatic N) is 6. The van der Waals surface area contributed by atoms with Crippen molar-refractivity contribution in [1.82, 2.24) is 19.7 Å². The van der Waals surface area contributed by atoms with E-state index in [2.05, 4.69) is 9.98 Å². The molecule has 2 saturated heterocycles. The SMILES string of the molecule is CN1C(=O)C2C(=NC=[N+]2CC(=O)N2CCC(Oc3nc4c(F)cccc4s3)CC2)N(C)C1=O. The van der Waals surface area contributed by atoms with E-state index >= 15 is 0 Å². The molecule has 4 heterocycles. The van der Waals surface area contributed by atoms with Gasteiger partial charge in [-0.2, -0.15) is 4.98 Å². The largest absolute Gasteiger partial charge is 0.467 e. The summed E-state index contributed by atoms with van der Waals surface area (Å²) < 4.78 is 22.1. The first-order chi connectivity index (χ1) is 15.8. The number of para-hydroxylation sites is 1. The number of amides is 4. The molecule has 10 nitrogen and oxygen atoms in total. The smallest absolute Gasteiger partial charge is 0.333 e. The molecule has 172 valence electrons. The second-order valence-electron chi connectivity index (χ2n) is 8.18. The van der Waals surface area contributed by atoms with Crippen molar-refractivity contribution in [3.05, 3.63) is 24.0 Å². The predicted octanol–water partition coefficient (Wildman–Crippen LogP) is 1.15. The van der Waals surface area contributed by atoms with Crippen molar-refractivity contribution in [2.75, 3.05) is 33.7 Å². The topological polar surface area (TPSA) is 98.4 Å². The van der Waals surface area contributed by atoms with Crippen LogP contribution in [0.5, 0.6) is 5.19 Å². The molecular formula is C21H22FN6O4S+. The molecule has 0 aliphatic carbocycles. The number of carbonyl (C=O) groups excluding carboxylic acids is 3. The van der Waals surface area contributed by atoms with Crippen molar-refractivity contribution in [3.63, 3.8) is 0 Å². The van der Waals surface area contributed by atoms with E-state index in [1.54, 1.807) is 28.7 Å². The van der Waals surface area contributed by atoms with E-state index in [1.807, 2.05) is 0 Å². The molecule has 0 N–H and O–H groups in total. The number of piperidine rings is 1. The van der Waals surface area contributed by atoms with Crippen LogP contribution in [0, 0.1) is 5.82 Å². The Balaban J connectivity index is 1.17. The number of urea groups is 1. The highest BCUT2D eigenvalue weighted by Crippen LogP contribution is 2.31. The molecule has 2 aromatic rings. The highest BCUT2D eigenvalue weighted by molar-refractivity contribution is 7.20. The number of halogens is 1. The first-order valence-electron chi connectivity index (χ1n) is 10.5. The molecule has 4 amide bonds. The zero-order chi connectivity index (χ0) is 23.3. The Hall–Kier alpha value is -3.41. The van der Waals surface area contributed by atoms with Crippen LogP contribution in [0.15, 0.2) is 23.2 Å². The molecule has 1 aromatic carbocycles. The van der Waals surface area contributed by atoms with Crippen LogP contribution < -0.4 is 4.74 Å². The van der Waals surface area contributed by atoms with Gasteiger partial charge in [-0.3, -0.25) is 19.4 Å². The van der Waals surface area contributed by atoms with Gasteiger partial charge in [0, 0.05) is 40.0 Å². The molecule has 33 heavy (non-hydrogen) atoms. The number of benzene rings is 1. The molecule has 0 saturated carbocycles. The van der Waals surface area contributed by atoms with Gasteiger partial charge in [0.15, 0.2) is 6.54 Å². The summed E-state index contributed by atoms with van der Waals surface area (Å²) in [4.78, 5) is 50.1. The van der Waals surface area contributed by atoms with Crippen molar-refractivity contribution in [2.24, 2.45) is 4.99 Å². The Kier molecular flexibility index (Phi) is 5.31. The number of hydrogen-bond acceptors (Lipinski definition) is 7. The summed E-state index contributed by atoms with van der Waals surface area (Å²) in [5.74, 6) is -0.575. The first-order valence-corrected chi connectivity index (χ1v) is 11.4. The lowest BCUT2D eigenvalue weighted by molar-refractivity contribution is -0.520. The lowest BCUT2D eigenvalue weighted by Gasteiger charge is -2.33. The number of rotatable bonds is 4. The molecule has 12 heteroatoms. The Morgan fingerprint density at radius 3 is 2.73 bits per heavy atom. The van der Waals surface area contributed by atoms with Crippen LogP contribution in [-0.4, -0.2) is 100 Å². The number of thiazole rings is 1. The highest BCUT2D eigenvalue weighted by Gasteiger charge is 2.51. The standard InChI is InChI=1S/C21H22FN6O4S/c1-25-18-17(19(30)26(2)21(25)31)28(11-23-18)10-15(29)27-8-6-12(7-9-27)32-20-24-16-13(22)4-3-5-14(16)33-20/h3-5,11-12,17H,6-10H2,1-2H3/q+1. The molecule has 5 rings (SSSR count). The number of aliphatic imine (C=N–C) groups is 1. The lowest BCUT2D eigenvalue weighted by Crippen LogP contribution is -2.62. The number of carbonyl (C=O) groups is 3. The van der Waals surface area contributed by atoms with Gasteiger partial charge in [0.05, 0.1) is 4.70 Å². The summed E-state index contributed by atoms with van der Waals surface area (Å²) in [6.45, 7) is 0.990. The van der Waals surface area contributed by atoms with Crippen molar-refractivity contribution in [3.8, 4) is 5.19 Å². The monoisotopic (exact) mass is 473 g/mol. The van der Waals surface area contributed by atoms with Crippen molar-refractivity contribution in [2.45, 2.75) is 25.0 Å². The summed E-state index contributed by atoms with van der Waals surface area (Å²) in [5, 5.41) is 0.426. The number of fused-ring (bicyclic) bond motifs is 2. The van der Waals surface area contributed by atoms with E-state index < -0.39 is 18.0 Å². The van der Waals surface area contributed by atoms with Gasteiger partial charge in [0.2, 0.25) is 0 Å². The fourth-order valence-corrected chi connectivity index (χ4v) is 5.14. The van der Waals surface area contributed by atoms with Gasteiger partial charge in [-0.25, -0.2) is 13.8 Å². The van der Waals surface area contributed by atoms with E-state index in [9.17, 15) is 18.8 Å². The number of likely N-dealkylation sites (tertiary alicyclic amines) is 1. The normalized spacial score (nSPS) is 21.4. The second kappa shape index (κ2) is 8.18. The Bertz CT molecular complexity index is 1220. The van der Waals surface area contributed by atoms with Gasteiger partial charge in [0.25, 0.3) is 35.2 Å². The maximum atomic E-state index is 13.9. The maximum absolute atomic E-state index is 13.9. The molecule has 0 radical (unpaired) electrons. The summed E-state index contributed by atoms with van der Waals surface area (Å²) in [7, 11) is 2.97. The van der Waals surface area contributed by atoms with Crippen LogP contribution in [0.2, 0.25) is 0 Å². The zero-order valence-electron chi connectivity index (χ0n) is 18.1. The molecule has 2 fully saturated rings. The average Bonchev–Trinajstić information content (AvgIpc) is 3.41. The van der Waals surface area contributed by atoms with Crippen LogP contribution in [0.4, 0.5) is 9.18 Å². The third-order valence-electron chi connectivity index (χ3n) is 6.13. The van der Waals surface area contributed by atoms with Gasteiger partial charge < -0.3 is 9.64 Å². The third kappa shape index (κ3) is 3.73. The fourth-order valence-electron chi connectivity index (χ4n) is 4.24. The van der Waals surface area contributed by atoms with E-state index in [0.29, 0.717) is 42.5 Å². The van der Waals surface area contributed by atoms with Gasteiger partial charge in [0.1, 0.15) is 17.4 Å². The van der Waals surface area contributed by atoms with Crippen LogP contribution in [0.1, 0.15) is 12.8 Å². The second-order valence-corrected chi connectivity index (χ2v) is 9.17. The van der Waals surface area contributed by atoms with Crippen LogP contribution in [0.25, 0.3) is 10.2 Å².